The molecule has 1 unspecified atom stereocenters. The molecule has 2 aromatic heterocycles. The second kappa shape index (κ2) is 5.75. The van der Waals surface area contributed by atoms with Gasteiger partial charge in [-0.15, -0.1) is 0 Å². The molecule has 1 atom stereocenters. The smallest absolute Gasteiger partial charge is 0.153 e. The van der Waals surface area contributed by atoms with Crippen LogP contribution in [0, 0.1) is 6.92 Å². The third-order valence-corrected chi connectivity index (χ3v) is 3.94. The Morgan fingerprint density at radius 3 is 3.15 bits per heavy atom. The standard InChI is InChI=1S/C16H22N4/c1-3-8-17-14-5-4-6-15-13(14)11-19-20(15)16-10-12(2)7-9-18-16/h7,9-11,14,17H,3-6,8H2,1-2H3. The van der Waals surface area contributed by atoms with Gasteiger partial charge < -0.3 is 5.32 Å². The van der Waals surface area contributed by atoms with E-state index < -0.39 is 0 Å². The van der Waals surface area contributed by atoms with Gasteiger partial charge in [0.2, 0.25) is 0 Å². The van der Waals surface area contributed by atoms with Gasteiger partial charge in [0.05, 0.1) is 11.9 Å². The maximum Gasteiger partial charge on any atom is 0.153 e. The van der Waals surface area contributed by atoms with Crippen molar-refractivity contribution in [3.63, 3.8) is 0 Å². The zero-order chi connectivity index (χ0) is 13.9. The summed E-state index contributed by atoms with van der Waals surface area (Å²) in [5.74, 6) is 0.933. The second-order valence-electron chi connectivity index (χ2n) is 5.55. The number of nitrogens with one attached hydrogen (secondary N) is 1. The third kappa shape index (κ3) is 2.48. The van der Waals surface area contributed by atoms with Gasteiger partial charge in [0.1, 0.15) is 0 Å². The van der Waals surface area contributed by atoms with Gasteiger partial charge in [-0.25, -0.2) is 9.67 Å². The Balaban J connectivity index is 1.94. The van der Waals surface area contributed by atoms with Crippen LogP contribution >= 0.6 is 0 Å². The molecule has 0 saturated carbocycles. The largest absolute Gasteiger partial charge is 0.310 e. The van der Waals surface area contributed by atoms with Crippen LogP contribution in [0.5, 0.6) is 0 Å². The monoisotopic (exact) mass is 270 g/mol. The highest BCUT2D eigenvalue weighted by molar-refractivity contribution is 5.34. The number of aryl methyl sites for hydroxylation is 1. The van der Waals surface area contributed by atoms with Crippen LogP contribution in [0.15, 0.2) is 24.5 Å². The lowest BCUT2D eigenvalue weighted by molar-refractivity contribution is 0.456. The molecule has 0 saturated heterocycles. The molecule has 106 valence electrons. The van der Waals surface area contributed by atoms with Crippen molar-refractivity contribution in [2.24, 2.45) is 0 Å². The van der Waals surface area contributed by atoms with E-state index in [1.54, 1.807) is 0 Å². The minimum atomic E-state index is 0.456. The van der Waals surface area contributed by atoms with Crippen LogP contribution < -0.4 is 5.32 Å². The van der Waals surface area contributed by atoms with E-state index in [4.69, 9.17) is 0 Å². The maximum absolute atomic E-state index is 4.58. The Morgan fingerprint density at radius 2 is 2.35 bits per heavy atom. The lowest BCUT2D eigenvalue weighted by Gasteiger charge is -2.24. The van der Waals surface area contributed by atoms with Crippen LogP contribution in [0.3, 0.4) is 0 Å². The topological polar surface area (TPSA) is 42.7 Å². The fourth-order valence-corrected chi connectivity index (χ4v) is 2.92. The number of nitrogens with zero attached hydrogens (tertiary/aromatic N) is 3. The average Bonchev–Trinajstić information content (AvgIpc) is 2.89. The van der Waals surface area contributed by atoms with Crippen LogP contribution in [0.4, 0.5) is 0 Å². The highest BCUT2D eigenvalue weighted by Crippen LogP contribution is 2.30. The molecule has 0 bridgehead atoms. The molecular formula is C16H22N4. The van der Waals surface area contributed by atoms with E-state index in [-0.39, 0.29) is 0 Å². The molecule has 20 heavy (non-hydrogen) atoms. The third-order valence-electron chi connectivity index (χ3n) is 3.94. The predicted molar refractivity (Wildman–Crippen MR) is 80.1 cm³/mol. The first-order valence-electron chi connectivity index (χ1n) is 7.53. The predicted octanol–water partition coefficient (Wildman–Crippen LogP) is 2.95. The Kier molecular flexibility index (Phi) is 3.83. The summed E-state index contributed by atoms with van der Waals surface area (Å²) in [4.78, 5) is 4.46. The molecule has 0 aromatic carbocycles. The Bertz CT molecular complexity index is 588. The summed E-state index contributed by atoms with van der Waals surface area (Å²) in [6, 6.07) is 4.57. The summed E-state index contributed by atoms with van der Waals surface area (Å²) >= 11 is 0. The first-order chi connectivity index (χ1) is 9.79. The van der Waals surface area contributed by atoms with Crippen molar-refractivity contribution in [3.8, 4) is 5.82 Å². The van der Waals surface area contributed by atoms with Gasteiger partial charge in [-0.2, -0.15) is 5.10 Å². The number of fused-ring (bicyclic) bond motifs is 1. The normalized spacial score (nSPS) is 18.0. The first kappa shape index (κ1) is 13.3. The molecule has 1 N–H and O–H groups in total. The fraction of sp³-hybridized carbons (Fsp3) is 0.500. The summed E-state index contributed by atoms with van der Waals surface area (Å²) in [6.07, 6.45) is 8.56. The zero-order valence-corrected chi connectivity index (χ0v) is 12.3. The molecule has 4 heteroatoms. The van der Waals surface area contributed by atoms with Gasteiger partial charge in [0, 0.05) is 17.8 Å². The summed E-state index contributed by atoms with van der Waals surface area (Å²) < 4.78 is 2.02. The van der Waals surface area contributed by atoms with Crippen molar-refractivity contribution in [2.45, 2.75) is 45.6 Å². The summed E-state index contributed by atoms with van der Waals surface area (Å²) in [5.41, 5.74) is 3.90. The second-order valence-corrected chi connectivity index (χ2v) is 5.55. The Hall–Kier alpha value is -1.68. The molecule has 0 aliphatic heterocycles. The Morgan fingerprint density at radius 1 is 1.45 bits per heavy atom. The lowest BCUT2D eigenvalue weighted by atomic mass is 9.93. The van der Waals surface area contributed by atoms with E-state index in [2.05, 4.69) is 35.3 Å². The summed E-state index contributed by atoms with van der Waals surface area (Å²) in [6.45, 7) is 5.36. The zero-order valence-electron chi connectivity index (χ0n) is 12.3. The van der Waals surface area contributed by atoms with Crippen molar-refractivity contribution >= 4 is 0 Å². The van der Waals surface area contributed by atoms with Crippen LogP contribution in [0.2, 0.25) is 0 Å². The number of aromatic nitrogens is 3. The van der Waals surface area contributed by atoms with Crippen molar-refractivity contribution in [2.75, 3.05) is 6.54 Å². The minimum absolute atomic E-state index is 0.456. The highest BCUT2D eigenvalue weighted by atomic mass is 15.3. The number of hydrogen-bond acceptors (Lipinski definition) is 3. The fourth-order valence-electron chi connectivity index (χ4n) is 2.92. The number of rotatable bonds is 4. The van der Waals surface area contributed by atoms with Gasteiger partial charge >= 0.3 is 0 Å². The molecule has 4 nitrogen and oxygen atoms in total. The van der Waals surface area contributed by atoms with Crippen LogP contribution in [-0.2, 0) is 6.42 Å². The van der Waals surface area contributed by atoms with Gasteiger partial charge in [0.15, 0.2) is 5.82 Å². The molecule has 0 amide bonds. The van der Waals surface area contributed by atoms with Gasteiger partial charge in [-0.3, -0.25) is 0 Å². The maximum atomic E-state index is 4.58. The van der Waals surface area contributed by atoms with E-state index in [0.717, 1.165) is 18.8 Å². The molecule has 0 spiro atoms. The lowest BCUT2D eigenvalue weighted by Crippen LogP contribution is -2.26. The van der Waals surface area contributed by atoms with E-state index in [1.807, 2.05) is 23.1 Å². The average molecular weight is 270 g/mol. The SMILES string of the molecule is CCCNC1CCCc2c1cnn2-c1cc(C)ccn1. The van der Waals surface area contributed by atoms with Crippen LogP contribution in [-0.4, -0.2) is 21.3 Å². The van der Waals surface area contributed by atoms with Gasteiger partial charge in [-0.05, 0) is 56.8 Å². The number of hydrogen-bond donors (Lipinski definition) is 1. The number of pyridine rings is 1. The molecule has 3 rings (SSSR count). The Labute approximate surface area is 120 Å². The van der Waals surface area contributed by atoms with Crippen LogP contribution in [0.25, 0.3) is 5.82 Å². The minimum Gasteiger partial charge on any atom is -0.310 e. The van der Waals surface area contributed by atoms with Crippen molar-refractivity contribution in [1.82, 2.24) is 20.1 Å². The summed E-state index contributed by atoms with van der Waals surface area (Å²) in [7, 11) is 0. The van der Waals surface area contributed by atoms with E-state index in [9.17, 15) is 0 Å². The van der Waals surface area contributed by atoms with Crippen LogP contribution in [0.1, 0.15) is 49.0 Å². The van der Waals surface area contributed by atoms with Crippen molar-refractivity contribution in [3.05, 3.63) is 41.3 Å². The molecule has 1 aliphatic carbocycles. The molecule has 0 radical (unpaired) electrons. The molecule has 1 aliphatic rings. The highest BCUT2D eigenvalue weighted by Gasteiger charge is 2.24. The van der Waals surface area contributed by atoms with Gasteiger partial charge in [-0.1, -0.05) is 6.92 Å². The first-order valence-corrected chi connectivity index (χ1v) is 7.53. The van der Waals surface area contributed by atoms with E-state index >= 15 is 0 Å². The van der Waals surface area contributed by atoms with Gasteiger partial charge in [0.25, 0.3) is 0 Å². The van der Waals surface area contributed by atoms with Crippen molar-refractivity contribution < 1.29 is 0 Å². The molecular weight excluding hydrogens is 248 g/mol. The molecule has 2 aromatic rings. The molecule has 0 fully saturated rings. The van der Waals surface area contributed by atoms with Crippen molar-refractivity contribution in [1.29, 1.82) is 0 Å². The summed E-state index contributed by atoms with van der Waals surface area (Å²) in [5, 5.41) is 8.21. The quantitative estimate of drug-likeness (QED) is 0.929. The van der Waals surface area contributed by atoms with E-state index in [0.29, 0.717) is 6.04 Å². The molecule has 2 heterocycles. The van der Waals surface area contributed by atoms with E-state index in [1.165, 1.54) is 36.1 Å².